The lowest BCUT2D eigenvalue weighted by Gasteiger charge is -2.09. The Morgan fingerprint density at radius 3 is 2.60 bits per heavy atom. The molecule has 0 saturated heterocycles. The SMILES string of the molecule is N#C/C=C/c1ccc(OCc2ccc(F)cc2)c(Br)c1. The first-order valence-corrected chi connectivity index (χ1v) is 6.71. The summed E-state index contributed by atoms with van der Waals surface area (Å²) in [6.45, 7) is 0.367. The van der Waals surface area contributed by atoms with Crippen LogP contribution in [0.1, 0.15) is 11.1 Å². The molecule has 100 valence electrons. The predicted octanol–water partition coefficient (Wildman–Crippen LogP) is 4.70. The Bertz CT molecular complexity index is 659. The Balaban J connectivity index is 2.05. The normalized spacial score (nSPS) is 10.4. The van der Waals surface area contributed by atoms with E-state index in [0.717, 1.165) is 15.6 Å². The molecular weight excluding hydrogens is 321 g/mol. The Hall–Kier alpha value is -2.12. The molecule has 0 N–H and O–H groups in total. The van der Waals surface area contributed by atoms with Gasteiger partial charge in [0.15, 0.2) is 0 Å². The van der Waals surface area contributed by atoms with Crippen LogP contribution in [0.4, 0.5) is 4.39 Å². The molecule has 0 saturated carbocycles. The van der Waals surface area contributed by atoms with Crippen molar-refractivity contribution in [1.82, 2.24) is 0 Å². The van der Waals surface area contributed by atoms with Crippen molar-refractivity contribution in [2.75, 3.05) is 0 Å². The van der Waals surface area contributed by atoms with Crippen LogP contribution < -0.4 is 4.74 Å². The van der Waals surface area contributed by atoms with Gasteiger partial charge >= 0.3 is 0 Å². The van der Waals surface area contributed by atoms with Crippen molar-refractivity contribution in [2.24, 2.45) is 0 Å². The standard InChI is InChI=1S/C16H11BrFNO/c17-15-10-12(2-1-9-19)5-8-16(15)20-11-13-3-6-14(18)7-4-13/h1-8,10H,11H2/b2-1+. The summed E-state index contributed by atoms with van der Waals surface area (Å²) in [5, 5.41) is 8.48. The summed E-state index contributed by atoms with van der Waals surface area (Å²) in [6, 6.07) is 13.7. The molecule has 0 radical (unpaired) electrons. The van der Waals surface area contributed by atoms with Crippen molar-refractivity contribution in [2.45, 2.75) is 6.61 Å². The molecule has 2 aromatic rings. The molecule has 20 heavy (non-hydrogen) atoms. The highest BCUT2D eigenvalue weighted by atomic mass is 79.9. The summed E-state index contributed by atoms with van der Waals surface area (Å²) in [5.74, 6) is 0.437. The Morgan fingerprint density at radius 2 is 1.95 bits per heavy atom. The van der Waals surface area contributed by atoms with Gasteiger partial charge in [-0.25, -0.2) is 4.39 Å². The molecule has 0 atom stereocenters. The van der Waals surface area contributed by atoms with E-state index in [1.54, 1.807) is 18.2 Å². The maximum absolute atomic E-state index is 12.8. The molecule has 2 aromatic carbocycles. The molecule has 0 aromatic heterocycles. The van der Waals surface area contributed by atoms with Crippen LogP contribution in [0.25, 0.3) is 6.08 Å². The summed E-state index contributed by atoms with van der Waals surface area (Å²) in [5.41, 5.74) is 1.80. The Labute approximate surface area is 125 Å². The average Bonchev–Trinajstić information content (AvgIpc) is 2.46. The van der Waals surface area contributed by atoms with Gasteiger partial charge in [-0.1, -0.05) is 18.2 Å². The van der Waals surface area contributed by atoms with E-state index in [0.29, 0.717) is 12.4 Å². The fourth-order valence-electron chi connectivity index (χ4n) is 1.61. The lowest BCUT2D eigenvalue weighted by Crippen LogP contribution is -1.96. The van der Waals surface area contributed by atoms with E-state index in [1.165, 1.54) is 18.2 Å². The van der Waals surface area contributed by atoms with Crippen molar-refractivity contribution < 1.29 is 9.13 Å². The summed E-state index contributed by atoms with van der Waals surface area (Å²) in [6.07, 6.45) is 3.13. The number of halogens is 2. The third kappa shape index (κ3) is 3.94. The number of hydrogen-bond acceptors (Lipinski definition) is 2. The first-order valence-electron chi connectivity index (χ1n) is 5.92. The summed E-state index contributed by atoms with van der Waals surface area (Å²) in [4.78, 5) is 0. The quantitative estimate of drug-likeness (QED) is 0.760. The number of benzene rings is 2. The fourth-order valence-corrected chi connectivity index (χ4v) is 2.12. The molecule has 0 fully saturated rings. The smallest absolute Gasteiger partial charge is 0.134 e. The topological polar surface area (TPSA) is 33.0 Å². The molecule has 0 heterocycles. The summed E-state index contributed by atoms with van der Waals surface area (Å²) >= 11 is 3.42. The molecule has 0 spiro atoms. The Kier molecular flexibility index (Phi) is 4.91. The summed E-state index contributed by atoms with van der Waals surface area (Å²) in [7, 11) is 0. The van der Waals surface area contributed by atoms with Gasteiger partial charge in [0.05, 0.1) is 10.5 Å². The average molecular weight is 332 g/mol. The van der Waals surface area contributed by atoms with E-state index in [4.69, 9.17) is 10.00 Å². The number of nitriles is 1. The molecule has 2 rings (SSSR count). The fraction of sp³-hybridized carbons (Fsp3) is 0.0625. The molecule has 0 aliphatic heterocycles. The van der Waals surface area contributed by atoms with Crippen molar-refractivity contribution in [3.63, 3.8) is 0 Å². The van der Waals surface area contributed by atoms with E-state index in [-0.39, 0.29) is 5.82 Å². The minimum Gasteiger partial charge on any atom is -0.488 e. The first-order chi connectivity index (χ1) is 9.69. The lowest BCUT2D eigenvalue weighted by atomic mass is 10.2. The first kappa shape index (κ1) is 14.3. The zero-order valence-corrected chi connectivity index (χ0v) is 12.1. The van der Waals surface area contributed by atoms with Gasteiger partial charge in [-0.05, 0) is 57.4 Å². The number of allylic oxidation sites excluding steroid dienone is 1. The maximum atomic E-state index is 12.8. The predicted molar refractivity (Wildman–Crippen MR) is 79.5 cm³/mol. The molecule has 0 unspecified atom stereocenters. The van der Waals surface area contributed by atoms with Gasteiger partial charge in [-0.3, -0.25) is 0 Å². The molecular formula is C16H11BrFNO. The number of nitrogens with zero attached hydrogens (tertiary/aromatic N) is 1. The largest absolute Gasteiger partial charge is 0.488 e. The van der Waals surface area contributed by atoms with Crippen LogP contribution in [0, 0.1) is 17.1 Å². The molecule has 0 aliphatic carbocycles. The van der Waals surface area contributed by atoms with Gasteiger partial charge in [-0.15, -0.1) is 0 Å². The van der Waals surface area contributed by atoms with Crippen LogP contribution in [-0.4, -0.2) is 0 Å². The lowest BCUT2D eigenvalue weighted by molar-refractivity contribution is 0.304. The molecule has 0 aliphatic rings. The summed E-state index contributed by atoms with van der Waals surface area (Å²) < 4.78 is 19.3. The van der Waals surface area contributed by atoms with Gasteiger partial charge in [0.2, 0.25) is 0 Å². The monoisotopic (exact) mass is 331 g/mol. The van der Waals surface area contributed by atoms with Crippen molar-refractivity contribution in [3.05, 3.63) is 70.0 Å². The molecule has 4 heteroatoms. The van der Waals surface area contributed by atoms with Crippen LogP contribution in [0.3, 0.4) is 0 Å². The third-order valence-electron chi connectivity index (χ3n) is 2.61. The minimum atomic E-state index is -0.261. The van der Waals surface area contributed by atoms with Crippen LogP contribution in [-0.2, 0) is 6.61 Å². The third-order valence-corrected chi connectivity index (χ3v) is 3.23. The highest BCUT2D eigenvalue weighted by Gasteiger charge is 2.02. The molecule has 0 bridgehead atoms. The van der Waals surface area contributed by atoms with Crippen molar-refractivity contribution >= 4 is 22.0 Å². The van der Waals surface area contributed by atoms with E-state index in [1.807, 2.05) is 24.3 Å². The van der Waals surface area contributed by atoms with Gasteiger partial charge in [0, 0.05) is 6.08 Å². The van der Waals surface area contributed by atoms with Gasteiger partial charge in [0.25, 0.3) is 0 Å². The number of ether oxygens (including phenoxy) is 1. The van der Waals surface area contributed by atoms with Gasteiger partial charge in [-0.2, -0.15) is 5.26 Å². The molecule has 2 nitrogen and oxygen atoms in total. The highest BCUT2D eigenvalue weighted by molar-refractivity contribution is 9.10. The second-order valence-corrected chi connectivity index (χ2v) is 4.92. The number of rotatable bonds is 4. The van der Waals surface area contributed by atoms with E-state index in [2.05, 4.69) is 15.9 Å². The van der Waals surface area contributed by atoms with Crippen molar-refractivity contribution in [1.29, 1.82) is 5.26 Å². The molecule has 0 amide bonds. The second-order valence-electron chi connectivity index (χ2n) is 4.07. The van der Waals surface area contributed by atoms with Crippen LogP contribution in [0.15, 0.2) is 53.0 Å². The van der Waals surface area contributed by atoms with E-state index in [9.17, 15) is 4.39 Å². The Morgan fingerprint density at radius 1 is 1.20 bits per heavy atom. The van der Waals surface area contributed by atoms with E-state index >= 15 is 0 Å². The van der Waals surface area contributed by atoms with Gasteiger partial charge < -0.3 is 4.74 Å². The maximum Gasteiger partial charge on any atom is 0.134 e. The number of hydrogen-bond donors (Lipinski definition) is 0. The zero-order valence-electron chi connectivity index (χ0n) is 10.5. The second kappa shape index (κ2) is 6.88. The highest BCUT2D eigenvalue weighted by Crippen LogP contribution is 2.27. The van der Waals surface area contributed by atoms with Gasteiger partial charge in [0.1, 0.15) is 18.2 Å². The van der Waals surface area contributed by atoms with Crippen LogP contribution in [0.2, 0.25) is 0 Å². The van der Waals surface area contributed by atoms with Crippen LogP contribution in [0.5, 0.6) is 5.75 Å². The zero-order chi connectivity index (χ0) is 14.4. The van der Waals surface area contributed by atoms with Crippen LogP contribution >= 0.6 is 15.9 Å². The van der Waals surface area contributed by atoms with E-state index < -0.39 is 0 Å². The minimum absolute atomic E-state index is 0.261. The van der Waals surface area contributed by atoms with Crippen molar-refractivity contribution in [3.8, 4) is 11.8 Å².